The van der Waals surface area contributed by atoms with E-state index in [2.05, 4.69) is 5.32 Å². The molecule has 0 radical (unpaired) electrons. The summed E-state index contributed by atoms with van der Waals surface area (Å²) in [5.74, 6) is -0.327. The van der Waals surface area contributed by atoms with Crippen molar-refractivity contribution in [2.75, 3.05) is 32.8 Å². The number of rotatable bonds is 14. The number of carbonyl (C=O) groups is 2. The van der Waals surface area contributed by atoms with E-state index in [0.717, 1.165) is 24.0 Å². The van der Waals surface area contributed by atoms with Crippen LogP contribution < -0.4 is 5.32 Å². The lowest BCUT2D eigenvalue weighted by Gasteiger charge is -2.29. The molecule has 1 aliphatic rings. The largest absolute Gasteiger partial charge is 0.382 e. The fourth-order valence-electron chi connectivity index (χ4n) is 4.34. The Hall–Kier alpha value is -2.75. The van der Waals surface area contributed by atoms with Crippen LogP contribution in [0.3, 0.4) is 0 Å². The minimum absolute atomic E-state index is 0.130. The van der Waals surface area contributed by atoms with Crippen LogP contribution in [-0.2, 0) is 37.3 Å². The third kappa shape index (κ3) is 8.38. The molecule has 37 heavy (non-hydrogen) atoms. The number of benzene rings is 2. The number of hydrogen-bond acceptors (Lipinski definition) is 5. The van der Waals surface area contributed by atoms with E-state index in [1.54, 1.807) is 36.1 Å². The first kappa shape index (κ1) is 28.8. The highest BCUT2D eigenvalue weighted by Crippen LogP contribution is 2.21. The summed E-state index contributed by atoms with van der Waals surface area (Å²) in [4.78, 5) is 28.0. The van der Waals surface area contributed by atoms with Gasteiger partial charge in [-0.2, -0.15) is 4.31 Å². The molecule has 1 atom stereocenters. The minimum atomic E-state index is -3.46. The number of carbonyl (C=O) groups excluding carboxylic acids is 2. The van der Waals surface area contributed by atoms with Crippen molar-refractivity contribution in [3.63, 3.8) is 0 Å². The number of ether oxygens (including phenoxy) is 1. The van der Waals surface area contributed by atoms with Crippen LogP contribution in [0.4, 0.5) is 0 Å². The fourth-order valence-corrected chi connectivity index (χ4v) is 5.86. The molecule has 1 saturated heterocycles. The SMILES string of the molecule is CCOCCCNC(=O)[C@@H](C)N(Cc1ccccc1)C(=O)CCc1ccc(S(=O)(=O)N2CCCC2)cc1. The number of amides is 2. The first-order valence-electron chi connectivity index (χ1n) is 13.1. The van der Waals surface area contributed by atoms with E-state index in [0.29, 0.717) is 52.2 Å². The van der Waals surface area contributed by atoms with Crippen molar-refractivity contribution in [3.05, 3.63) is 65.7 Å². The molecule has 2 amide bonds. The zero-order valence-electron chi connectivity index (χ0n) is 21.9. The third-order valence-corrected chi connectivity index (χ3v) is 8.50. The molecule has 1 aliphatic heterocycles. The molecule has 2 aromatic rings. The Balaban J connectivity index is 1.62. The lowest BCUT2D eigenvalue weighted by atomic mass is 10.1. The highest BCUT2D eigenvalue weighted by Gasteiger charge is 2.28. The van der Waals surface area contributed by atoms with E-state index in [1.165, 1.54) is 4.31 Å². The molecule has 1 fully saturated rings. The van der Waals surface area contributed by atoms with Gasteiger partial charge in [0.05, 0.1) is 4.90 Å². The highest BCUT2D eigenvalue weighted by atomic mass is 32.2. The molecular formula is C28H39N3O5S. The number of nitrogens with zero attached hydrogens (tertiary/aromatic N) is 2. The van der Waals surface area contributed by atoms with Gasteiger partial charge in [0.1, 0.15) is 6.04 Å². The third-order valence-electron chi connectivity index (χ3n) is 6.59. The molecule has 202 valence electrons. The summed E-state index contributed by atoms with van der Waals surface area (Å²) in [6.07, 6.45) is 3.16. The number of nitrogens with one attached hydrogen (secondary N) is 1. The Kier molecular flexibility index (Phi) is 11.1. The quantitative estimate of drug-likeness (QED) is 0.379. The van der Waals surface area contributed by atoms with Gasteiger partial charge >= 0.3 is 0 Å². The maximum Gasteiger partial charge on any atom is 0.243 e. The normalized spacial score (nSPS) is 14.9. The molecular weight excluding hydrogens is 490 g/mol. The van der Waals surface area contributed by atoms with Crippen LogP contribution in [0.1, 0.15) is 50.7 Å². The van der Waals surface area contributed by atoms with Crippen molar-refractivity contribution in [2.24, 2.45) is 0 Å². The second kappa shape index (κ2) is 14.3. The van der Waals surface area contributed by atoms with Crippen LogP contribution in [-0.4, -0.2) is 68.3 Å². The molecule has 2 aromatic carbocycles. The van der Waals surface area contributed by atoms with E-state index in [-0.39, 0.29) is 23.1 Å². The van der Waals surface area contributed by atoms with Crippen LogP contribution in [0.5, 0.6) is 0 Å². The lowest BCUT2D eigenvalue weighted by molar-refractivity contribution is -0.140. The van der Waals surface area contributed by atoms with Gasteiger partial charge < -0.3 is 15.0 Å². The van der Waals surface area contributed by atoms with Gasteiger partial charge in [-0.3, -0.25) is 9.59 Å². The molecule has 9 heteroatoms. The maximum atomic E-state index is 13.3. The Morgan fingerprint density at radius 2 is 1.70 bits per heavy atom. The van der Waals surface area contributed by atoms with Gasteiger partial charge in [0.25, 0.3) is 0 Å². The fraction of sp³-hybridized carbons (Fsp3) is 0.500. The predicted molar refractivity (Wildman–Crippen MR) is 143 cm³/mol. The van der Waals surface area contributed by atoms with E-state index < -0.39 is 16.1 Å². The van der Waals surface area contributed by atoms with Crippen molar-refractivity contribution >= 4 is 21.8 Å². The Morgan fingerprint density at radius 3 is 2.35 bits per heavy atom. The summed E-state index contributed by atoms with van der Waals surface area (Å²) >= 11 is 0. The first-order chi connectivity index (χ1) is 17.8. The molecule has 8 nitrogen and oxygen atoms in total. The summed E-state index contributed by atoms with van der Waals surface area (Å²) in [5, 5.41) is 2.91. The summed E-state index contributed by atoms with van der Waals surface area (Å²) in [5.41, 5.74) is 1.82. The summed E-state index contributed by atoms with van der Waals surface area (Å²) in [7, 11) is -3.46. The number of hydrogen-bond donors (Lipinski definition) is 1. The lowest BCUT2D eigenvalue weighted by Crippen LogP contribution is -2.48. The van der Waals surface area contributed by atoms with Crippen molar-refractivity contribution in [1.29, 1.82) is 0 Å². The van der Waals surface area contributed by atoms with Crippen LogP contribution in [0.25, 0.3) is 0 Å². The molecule has 0 aromatic heterocycles. The van der Waals surface area contributed by atoms with Gasteiger partial charge in [-0.05, 0) is 62.8 Å². The van der Waals surface area contributed by atoms with Crippen molar-refractivity contribution in [1.82, 2.24) is 14.5 Å². The average molecular weight is 530 g/mol. The topological polar surface area (TPSA) is 96.0 Å². The van der Waals surface area contributed by atoms with Crippen molar-refractivity contribution in [2.45, 2.75) is 63.4 Å². The van der Waals surface area contributed by atoms with Crippen LogP contribution in [0.2, 0.25) is 0 Å². The number of aryl methyl sites for hydroxylation is 1. The van der Waals surface area contributed by atoms with E-state index in [9.17, 15) is 18.0 Å². The monoisotopic (exact) mass is 529 g/mol. The summed E-state index contributed by atoms with van der Waals surface area (Å²) in [6.45, 7) is 6.84. The van der Waals surface area contributed by atoms with E-state index >= 15 is 0 Å². The molecule has 0 spiro atoms. The zero-order chi connectivity index (χ0) is 26.7. The standard InChI is InChI=1S/C28H39N3O5S/c1-3-36-21-9-18-29-28(33)23(2)31(22-25-10-5-4-6-11-25)27(32)17-14-24-12-15-26(16-13-24)37(34,35)30-19-7-8-20-30/h4-6,10-13,15-16,23H,3,7-9,14,17-22H2,1-2H3,(H,29,33)/t23-/m1/s1. The molecule has 1 heterocycles. The van der Waals surface area contributed by atoms with Gasteiger partial charge in [-0.1, -0.05) is 42.5 Å². The minimum Gasteiger partial charge on any atom is -0.382 e. The average Bonchev–Trinajstić information content (AvgIpc) is 3.47. The molecule has 0 unspecified atom stereocenters. The van der Waals surface area contributed by atoms with Crippen LogP contribution in [0.15, 0.2) is 59.5 Å². The van der Waals surface area contributed by atoms with Crippen molar-refractivity contribution in [3.8, 4) is 0 Å². The van der Waals surface area contributed by atoms with E-state index in [1.807, 2.05) is 37.3 Å². The van der Waals surface area contributed by atoms with Crippen LogP contribution >= 0.6 is 0 Å². The van der Waals surface area contributed by atoms with Gasteiger partial charge in [-0.15, -0.1) is 0 Å². The smallest absolute Gasteiger partial charge is 0.243 e. The molecule has 3 rings (SSSR count). The summed E-state index contributed by atoms with van der Waals surface area (Å²) < 4.78 is 32.4. The Bertz CT molecular complexity index is 1100. The van der Waals surface area contributed by atoms with Gasteiger partial charge in [-0.25, -0.2) is 8.42 Å². The Labute approximate surface area is 221 Å². The van der Waals surface area contributed by atoms with Crippen molar-refractivity contribution < 1.29 is 22.7 Å². The predicted octanol–water partition coefficient (Wildman–Crippen LogP) is 3.36. The molecule has 0 bridgehead atoms. The first-order valence-corrected chi connectivity index (χ1v) is 14.5. The Morgan fingerprint density at radius 1 is 1.03 bits per heavy atom. The van der Waals surface area contributed by atoms with Gasteiger partial charge in [0.15, 0.2) is 0 Å². The zero-order valence-corrected chi connectivity index (χ0v) is 22.7. The van der Waals surface area contributed by atoms with Gasteiger partial charge in [0.2, 0.25) is 21.8 Å². The molecule has 0 saturated carbocycles. The van der Waals surface area contributed by atoms with E-state index in [4.69, 9.17) is 4.74 Å². The second-order valence-electron chi connectivity index (χ2n) is 9.28. The van der Waals surface area contributed by atoms with Gasteiger partial charge in [0, 0.05) is 45.8 Å². The second-order valence-corrected chi connectivity index (χ2v) is 11.2. The molecule has 1 N–H and O–H groups in total. The highest BCUT2D eigenvalue weighted by molar-refractivity contribution is 7.89. The summed E-state index contributed by atoms with van der Waals surface area (Å²) in [6, 6.07) is 15.8. The van der Waals surface area contributed by atoms with Crippen LogP contribution in [0, 0.1) is 0 Å². The molecule has 0 aliphatic carbocycles. The number of sulfonamides is 1. The maximum absolute atomic E-state index is 13.3.